The second kappa shape index (κ2) is 6.75. The summed E-state index contributed by atoms with van der Waals surface area (Å²) >= 11 is 0. The molecule has 1 saturated carbocycles. The third-order valence-corrected chi connectivity index (χ3v) is 4.58. The minimum Gasteiger partial charge on any atom is -0.378 e. The van der Waals surface area contributed by atoms with Crippen LogP contribution in [0, 0.1) is 11.8 Å². The van der Waals surface area contributed by atoms with Crippen molar-refractivity contribution in [2.45, 2.75) is 70.9 Å². The van der Waals surface area contributed by atoms with Gasteiger partial charge < -0.3 is 10.1 Å². The summed E-state index contributed by atoms with van der Waals surface area (Å²) in [5.41, 5.74) is 0. The molecule has 0 amide bonds. The molecule has 2 heteroatoms. The summed E-state index contributed by atoms with van der Waals surface area (Å²) in [5.74, 6) is 1.66. The molecule has 0 aromatic carbocycles. The summed E-state index contributed by atoms with van der Waals surface area (Å²) in [4.78, 5) is 0. The fourth-order valence-corrected chi connectivity index (χ4v) is 3.72. The molecule has 0 bridgehead atoms. The lowest BCUT2D eigenvalue weighted by atomic mass is 9.82. The first kappa shape index (κ1) is 13.4. The molecule has 1 aliphatic heterocycles. The highest BCUT2D eigenvalue weighted by Crippen LogP contribution is 2.33. The third-order valence-electron chi connectivity index (χ3n) is 4.58. The number of rotatable bonds is 4. The first-order chi connectivity index (χ1) is 8.31. The molecule has 2 rings (SSSR count). The zero-order valence-electron chi connectivity index (χ0n) is 11.6. The Kier molecular flexibility index (Phi) is 5.30. The Morgan fingerprint density at radius 1 is 1.12 bits per heavy atom. The van der Waals surface area contributed by atoms with Crippen LogP contribution < -0.4 is 5.32 Å². The van der Waals surface area contributed by atoms with E-state index in [4.69, 9.17) is 4.74 Å². The van der Waals surface area contributed by atoms with E-state index in [1.807, 2.05) is 0 Å². The van der Waals surface area contributed by atoms with E-state index in [1.165, 1.54) is 44.9 Å². The van der Waals surface area contributed by atoms with Gasteiger partial charge in [-0.25, -0.2) is 0 Å². The number of hydrogen-bond acceptors (Lipinski definition) is 2. The van der Waals surface area contributed by atoms with E-state index in [-0.39, 0.29) is 0 Å². The molecule has 1 heterocycles. The van der Waals surface area contributed by atoms with Crippen LogP contribution in [0.4, 0.5) is 0 Å². The van der Waals surface area contributed by atoms with Gasteiger partial charge in [0.2, 0.25) is 0 Å². The Hall–Kier alpha value is -0.0800. The van der Waals surface area contributed by atoms with Crippen LogP contribution in [0.25, 0.3) is 0 Å². The van der Waals surface area contributed by atoms with Gasteiger partial charge in [0.15, 0.2) is 0 Å². The summed E-state index contributed by atoms with van der Waals surface area (Å²) in [7, 11) is 0. The van der Waals surface area contributed by atoms with E-state index in [2.05, 4.69) is 19.2 Å². The van der Waals surface area contributed by atoms with Crippen LogP contribution >= 0.6 is 0 Å². The van der Waals surface area contributed by atoms with Crippen molar-refractivity contribution in [3.8, 4) is 0 Å². The third kappa shape index (κ3) is 3.69. The fourth-order valence-electron chi connectivity index (χ4n) is 3.72. The Labute approximate surface area is 107 Å². The van der Waals surface area contributed by atoms with Crippen LogP contribution in [-0.2, 0) is 4.74 Å². The van der Waals surface area contributed by atoms with E-state index < -0.39 is 0 Å². The number of hydrogen-bond donors (Lipinski definition) is 1. The highest BCUT2D eigenvalue weighted by molar-refractivity contribution is 4.87. The van der Waals surface area contributed by atoms with Gasteiger partial charge in [0.25, 0.3) is 0 Å². The lowest BCUT2D eigenvalue weighted by Crippen LogP contribution is -2.42. The van der Waals surface area contributed by atoms with Crippen molar-refractivity contribution < 1.29 is 4.74 Å². The van der Waals surface area contributed by atoms with E-state index in [0.717, 1.165) is 25.0 Å². The molecule has 0 radical (unpaired) electrons. The average Bonchev–Trinajstić information content (AvgIpc) is 2.60. The van der Waals surface area contributed by atoms with Crippen LogP contribution in [0.3, 0.4) is 0 Å². The molecule has 0 aromatic rings. The molecule has 1 aliphatic carbocycles. The van der Waals surface area contributed by atoms with Gasteiger partial charge in [0.05, 0.1) is 12.7 Å². The molecule has 3 atom stereocenters. The van der Waals surface area contributed by atoms with Crippen molar-refractivity contribution in [3.05, 3.63) is 0 Å². The Morgan fingerprint density at radius 3 is 2.35 bits per heavy atom. The predicted octanol–water partition coefficient (Wildman–Crippen LogP) is 3.36. The highest BCUT2D eigenvalue weighted by Gasteiger charge is 2.34. The normalized spacial score (nSPS) is 33.5. The van der Waals surface area contributed by atoms with Gasteiger partial charge in [-0.15, -0.1) is 0 Å². The average molecular weight is 239 g/mol. The molecular formula is C15H29NO. The van der Waals surface area contributed by atoms with Gasteiger partial charge in [0.1, 0.15) is 0 Å². The molecule has 2 nitrogen and oxygen atoms in total. The number of nitrogens with one attached hydrogen (secondary N) is 1. The smallest absolute Gasteiger partial charge is 0.0551 e. The van der Waals surface area contributed by atoms with E-state index in [1.54, 1.807) is 0 Å². The van der Waals surface area contributed by atoms with Gasteiger partial charge in [-0.05, 0) is 38.6 Å². The zero-order chi connectivity index (χ0) is 12.1. The minimum atomic E-state index is 0.479. The summed E-state index contributed by atoms with van der Waals surface area (Å²) in [6.07, 6.45) is 10.4. The van der Waals surface area contributed by atoms with Crippen LogP contribution in [-0.4, -0.2) is 25.3 Å². The van der Waals surface area contributed by atoms with Crippen molar-refractivity contribution in [3.63, 3.8) is 0 Å². The topological polar surface area (TPSA) is 21.3 Å². The summed E-state index contributed by atoms with van der Waals surface area (Å²) in [6, 6.07) is 0.711. The summed E-state index contributed by atoms with van der Waals surface area (Å²) in [6.45, 7) is 6.54. The Balaban J connectivity index is 1.94. The van der Waals surface area contributed by atoms with Crippen molar-refractivity contribution >= 4 is 0 Å². The molecule has 1 saturated heterocycles. The molecule has 2 aliphatic rings. The van der Waals surface area contributed by atoms with Crippen molar-refractivity contribution in [1.82, 2.24) is 5.32 Å². The van der Waals surface area contributed by atoms with E-state index in [9.17, 15) is 0 Å². The lowest BCUT2D eigenvalue weighted by molar-refractivity contribution is 0.112. The maximum absolute atomic E-state index is 5.77. The maximum atomic E-state index is 5.77. The molecule has 0 aromatic heterocycles. The van der Waals surface area contributed by atoms with Gasteiger partial charge in [-0.3, -0.25) is 0 Å². The van der Waals surface area contributed by atoms with Crippen molar-refractivity contribution in [1.29, 1.82) is 0 Å². The second-order valence-electron chi connectivity index (χ2n) is 5.97. The van der Waals surface area contributed by atoms with Gasteiger partial charge in [-0.2, -0.15) is 0 Å². The molecule has 17 heavy (non-hydrogen) atoms. The molecule has 3 unspecified atom stereocenters. The second-order valence-corrected chi connectivity index (χ2v) is 5.97. The maximum Gasteiger partial charge on any atom is 0.0551 e. The molecule has 100 valence electrons. The quantitative estimate of drug-likeness (QED) is 0.760. The van der Waals surface area contributed by atoms with Crippen molar-refractivity contribution in [2.24, 2.45) is 11.8 Å². The van der Waals surface area contributed by atoms with Crippen molar-refractivity contribution in [2.75, 3.05) is 13.2 Å². The minimum absolute atomic E-state index is 0.479. The zero-order valence-corrected chi connectivity index (χ0v) is 11.6. The molecule has 0 spiro atoms. The van der Waals surface area contributed by atoms with Gasteiger partial charge in [-0.1, -0.05) is 32.6 Å². The predicted molar refractivity (Wildman–Crippen MR) is 72.2 cm³/mol. The molecule has 2 fully saturated rings. The Morgan fingerprint density at radius 2 is 1.82 bits per heavy atom. The summed E-state index contributed by atoms with van der Waals surface area (Å²) < 4.78 is 5.77. The first-order valence-electron chi connectivity index (χ1n) is 7.66. The van der Waals surface area contributed by atoms with E-state index in [0.29, 0.717) is 12.1 Å². The van der Waals surface area contributed by atoms with Gasteiger partial charge in [0, 0.05) is 12.0 Å². The molecule has 1 N–H and O–H groups in total. The largest absolute Gasteiger partial charge is 0.378 e. The standard InChI is InChI=1S/C15H29NO/c1-3-16-15(14-10-12(2)17-11-14)13-8-6-4-5-7-9-13/h12-16H,3-11H2,1-2H3. The summed E-state index contributed by atoms with van der Waals surface area (Å²) in [5, 5.41) is 3.76. The van der Waals surface area contributed by atoms with Crippen LogP contribution in [0.15, 0.2) is 0 Å². The van der Waals surface area contributed by atoms with Crippen LogP contribution in [0.1, 0.15) is 58.8 Å². The van der Waals surface area contributed by atoms with E-state index >= 15 is 0 Å². The van der Waals surface area contributed by atoms with Crippen LogP contribution in [0.5, 0.6) is 0 Å². The monoisotopic (exact) mass is 239 g/mol. The lowest BCUT2D eigenvalue weighted by Gasteiger charge is -2.31. The highest BCUT2D eigenvalue weighted by atomic mass is 16.5. The number of ether oxygens (including phenoxy) is 1. The Bertz CT molecular complexity index is 211. The SMILES string of the molecule is CCNC(C1CCCCCC1)C1COC(C)C1. The fraction of sp³-hybridized carbons (Fsp3) is 1.00. The van der Waals surface area contributed by atoms with Crippen LogP contribution in [0.2, 0.25) is 0 Å². The van der Waals surface area contributed by atoms with Gasteiger partial charge >= 0.3 is 0 Å². The first-order valence-corrected chi connectivity index (χ1v) is 7.66. The molecular weight excluding hydrogens is 210 g/mol.